The van der Waals surface area contributed by atoms with Crippen LogP contribution in [-0.4, -0.2) is 18.5 Å². The van der Waals surface area contributed by atoms with Crippen molar-refractivity contribution >= 4 is 38.5 Å². The molecule has 0 bridgehead atoms. The van der Waals surface area contributed by atoms with Crippen LogP contribution in [0, 0.1) is 17.8 Å². The lowest BCUT2D eigenvalue weighted by atomic mass is 10.1. The van der Waals surface area contributed by atoms with Crippen LogP contribution in [0.1, 0.15) is 18.5 Å². The molecule has 0 aliphatic rings. The number of benzene rings is 2. The Balaban J connectivity index is 1.95. The van der Waals surface area contributed by atoms with Crippen LogP contribution in [0.15, 0.2) is 44.9 Å². The van der Waals surface area contributed by atoms with Gasteiger partial charge >= 0.3 is 0 Å². The number of thiazole rings is 1. The predicted octanol–water partition coefficient (Wildman–Crippen LogP) is 4.59. The number of hydrogen-bond acceptors (Lipinski definition) is 6. The van der Waals surface area contributed by atoms with Crippen LogP contribution < -0.4 is 5.32 Å². The molecular formula is C17H12ClF2N2O3S2. The molecule has 141 valence electrons. The summed E-state index contributed by atoms with van der Waals surface area (Å²) in [6.07, 6.45) is 2.37. The highest BCUT2D eigenvalue weighted by atomic mass is 35.5. The van der Waals surface area contributed by atoms with E-state index in [0.717, 1.165) is 29.5 Å². The lowest BCUT2D eigenvalue weighted by Gasteiger charge is -2.18. The van der Waals surface area contributed by atoms with E-state index in [1.165, 1.54) is 17.5 Å². The van der Waals surface area contributed by atoms with Gasteiger partial charge in [-0.1, -0.05) is 11.6 Å². The highest BCUT2D eigenvalue weighted by Gasteiger charge is 2.26. The van der Waals surface area contributed by atoms with Crippen molar-refractivity contribution in [2.75, 3.05) is 5.32 Å². The molecule has 5 nitrogen and oxygen atoms in total. The number of nitrogens with one attached hydrogen (secondary N) is 1. The van der Waals surface area contributed by atoms with Crippen molar-refractivity contribution in [3.8, 4) is 5.75 Å². The van der Waals surface area contributed by atoms with E-state index in [0.29, 0.717) is 0 Å². The second-order valence-electron chi connectivity index (χ2n) is 5.58. The Morgan fingerprint density at radius 3 is 2.67 bits per heavy atom. The van der Waals surface area contributed by atoms with Gasteiger partial charge in [-0.25, -0.2) is 22.2 Å². The maximum Gasteiger partial charge on any atom is 0.236 e. The second kappa shape index (κ2) is 7.41. The zero-order valence-electron chi connectivity index (χ0n) is 13.7. The fourth-order valence-electron chi connectivity index (χ4n) is 2.42. The molecule has 0 amide bonds. The van der Waals surface area contributed by atoms with E-state index in [4.69, 9.17) is 11.6 Å². The number of aromatic hydroxyl groups is 1. The summed E-state index contributed by atoms with van der Waals surface area (Å²) in [5.41, 5.74) is 0.218. The Labute approximate surface area is 163 Å². The van der Waals surface area contributed by atoms with Crippen LogP contribution >= 0.6 is 22.9 Å². The van der Waals surface area contributed by atoms with Crippen LogP contribution in [0.2, 0.25) is 5.02 Å². The highest BCUT2D eigenvalue weighted by molar-refractivity contribution is 7.93. The van der Waals surface area contributed by atoms with Gasteiger partial charge in [-0.2, -0.15) is 0 Å². The van der Waals surface area contributed by atoms with E-state index in [9.17, 15) is 22.3 Å². The van der Waals surface area contributed by atoms with E-state index < -0.39 is 32.4 Å². The number of aromatic nitrogens is 1. The fourth-order valence-corrected chi connectivity index (χ4v) is 4.88. The molecular weight excluding hydrogens is 418 g/mol. The molecule has 3 rings (SSSR count). The number of rotatable bonds is 5. The van der Waals surface area contributed by atoms with Crippen molar-refractivity contribution < 1.29 is 22.3 Å². The van der Waals surface area contributed by atoms with Gasteiger partial charge in [0.05, 0.1) is 16.8 Å². The van der Waals surface area contributed by atoms with Gasteiger partial charge in [0, 0.05) is 10.9 Å². The first-order valence-electron chi connectivity index (χ1n) is 7.51. The number of sulfone groups is 1. The van der Waals surface area contributed by atoms with Crippen molar-refractivity contribution in [1.82, 2.24) is 4.98 Å². The van der Waals surface area contributed by atoms with Gasteiger partial charge in [0.2, 0.25) is 14.2 Å². The molecule has 0 saturated heterocycles. The third-order valence-electron chi connectivity index (χ3n) is 3.73. The molecule has 3 aromatic rings. The molecule has 0 aliphatic heterocycles. The molecule has 2 aromatic carbocycles. The lowest BCUT2D eigenvalue weighted by Crippen LogP contribution is -2.11. The van der Waals surface area contributed by atoms with Crippen molar-refractivity contribution in [2.24, 2.45) is 0 Å². The van der Waals surface area contributed by atoms with E-state index in [1.807, 2.05) is 0 Å². The minimum Gasteiger partial charge on any atom is -0.508 e. The third kappa shape index (κ3) is 3.90. The molecule has 1 aromatic heterocycles. The molecule has 10 heteroatoms. The molecule has 0 fully saturated rings. The van der Waals surface area contributed by atoms with Crippen molar-refractivity contribution in [3.05, 3.63) is 64.1 Å². The van der Waals surface area contributed by atoms with Gasteiger partial charge in [0.25, 0.3) is 0 Å². The molecule has 27 heavy (non-hydrogen) atoms. The monoisotopic (exact) mass is 429 g/mol. The molecule has 1 heterocycles. The van der Waals surface area contributed by atoms with Crippen molar-refractivity contribution in [2.45, 2.75) is 22.2 Å². The van der Waals surface area contributed by atoms with Crippen LogP contribution in [0.5, 0.6) is 5.75 Å². The summed E-state index contributed by atoms with van der Waals surface area (Å²) in [7, 11) is -4.16. The standard InChI is InChI=1S/C17H12ClF2N2O3S2/c1-9(11-6-10(23)2-3-13(11)19)22-15-8-14(20)16(7-12(15)18)27(24,25)17-21-4-5-26-17/h2-3,5-9,22-23H,1H3/t9-/m0/s1. The van der Waals surface area contributed by atoms with Crippen LogP contribution in [0.4, 0.5) is 14.5 Å². The first-order valence-corrected chi connectivity index (χ1v) is 10.2. The summed E-state index contributed by atoms with van der Waals surface area (Å²) in [6, 6.07) is 4.75. The largest absolute Gasteiger partial charge is 0.508 e. The molecule has 0 unspecified atom stereocenters. The van der Waals surface area contributed by atoms with Crippen LogP contribution in [0.25, 0.3) is 0 Å². The normalized spacial score (nSPS) is 12.7. The zero-order chi connectivity index (χ0) is 19.8. The molecule has 0 aliphatic carbocycles. The Bertz CT molecular complexity index is 1090. The minimum atomic E-state index is -4.16. The Morgan fingerprint density at radius 1 is 1.26 bits per heavy atom. The topological polar surface area (TPSA) is 79.3 Å². The summed E-state index contributed by atoms with van der Waals surface area (Å²) < 4.78 is 53.0. The van der Waals surface area contributed by atoms with Crippen molar-refractivity contribution in [1.29, 1.82) is 0 Å². The van der Waals surface area contributed by atoms with Gasteiger partial charge in [-0.3, -0.25) is 0 Å². The smallest absolute Gasteiger partial charge is 0.236 e. The van der Waals surface area contributed by atoms with E-state index in [1.54, 1.807) is 6.92 Å². The van der Waals surface area contributed by atoms with Gasteiger partial charge in [-0.05, 0) is 37.3 Å². The summed E-state index contributed by atoms with van der Waals surface area (Å²) in [4.78, 5) is 2.96. The number of halogens is 3. The van der Waals surface area contributed by atoms with E-state index in [-0.39, 0.29) is 26.4 Å². The van der Waals surface area contributed by atoms with Crippen LogP contribution in [-0.2, 0) is 9.84 Å². The number of phenolic OH excluding ortho intramolecular Hbond substituents is 1. The quantitative estimate of drug-likeness (QED) is 0.620. The molecule has 0 spiro atoms. The summed E-state index contributed by atoms with van der Waals surface area (Å²) in [5.74, 6) is -1.72. The number of phenols is 1. The first kappa shape index (κ1) is 19.5. The zero-order valence-corrected chi connectivity index (χ0v) is 16.1. The summed E-state index contributed by atoms with van der Waals surface area (Å²) in [5, 5.41) is 13.6. The number of nitrogens with zero attached hydrogens (tertiary/aromatic N) is 1. The molecule has 1 radical (unpaired) electrons. The average molecular weight is 430 g/mol. The Kier molecular flexibility index (Phi) is 5.36. The molecule has 1 atom stereocenters. The van der Waals surface area contributed by atoms with E-state index in [2.05, 4.69) is 16.5 Å². The second-order valence-corrected chi connectivity index (χ2v) is 8.94. The number of anilines is 1. The summed E-state index contributed by atoms with van der Waals surface area (Å²) in [6.45, 7) is 1.59. The van der Waals surface area contributed by atoms with Gasteiger partial charge in [-0.15, -0.1) is 11.3 Å². The summed E-state index contributed by atoms with van der Waals surface area (Å²) >= 11 is 6.92. The maximum atomic E-state index is 14.5. The molecule has 2 N–H and O–H groups in total. The van der Waals surface area contributed by atoms with E-state index >= 15 is 0 Å². The molecule has 0 saturated carbocycles. The van der Waals surface area contributed by atoms with Gasteiger partial charge in [0.1, 0.15) is 28.5 Å². The SMILES string of the molecule is C[C@H](Nc1cc(F)c(S(=O)(=O)c2n[c]cs2)cc1Cl)c1cc(O)ccc1F. The van der Waals surface area contributed by atoms with Gasteiger partial charge in [0.15, 0.2) is 0 Å². The Morgan fingerprint density at radius 2 is 2.00 bits per heavy atom. The average Bonchev–Trinajstić information content (AvgIpc) is 3.15. The van der Waals surface area contributed by atoms with Crippen molar-refractivity contribution in [3.63, 3.8) is 0 Å². The van der Waals surface area contributed by atoms with Gasteiger partial charge < -0.3 is 10.4 Å². The maximum absolute atomic E-state index is 14.5. The Hall–Kier alpha value is -2.23. The first-order chi connectivity index (χ1) is 12.7. The lowest BCUT2D eigenvalue weighted by molar-refractivity contribution is 0.470. The highest BCUT2D eigenvalue weighted by Crippen LogP contribution is 2.34. The predicted molar refractivity (Wildman–Crippen MR) is 97.9 cm³/mol. The fraction of sp³-hybridized carbons (Fsp3) is 0.118. The number of hydrogen-bond donors (Lipinski definition) is 2. The third-order valence-corrected chi connectivity index (χ3v) is 6.95. The minimum absolute atomic E-state index is 0.0667. The van der Waals surface area contributed by atoms with Crippen LogP contribution in [0.3, 0.4) is 0 Å².